The molecule has 1 aliphatic rings. The van der Waals surface area contributed by atoms with Gasteiger partial charge in [0.25, 0.3) is 5.69 Å². The van der Waals surface area contributed by atoms with Gasteiger partial charge < -0.3 is 5.73 Å². The number of rotatable bonds is 5. The molecular formula is C19H24ClN3O2. The molecule has 0 aromatic heterocycles. The number of aryl methyl sites for hydroxylation is 1. The lowest BCUT2D eigenvalue weighted by molar-refractivity contribution is -0.384. The van der Waals surface area contributed by atoms with E-state index in [1.165, 1.54) is 5.56 Å². The summed E-state index contributed by atoms with van der Waals surface area (Å²) in [7, 11) is 0. The van der Waals surface area contributed by atoms with E-state index in [1.54, 1.807) is 12.1 Å². The molecule has 0 aliphatic carbocycles. The second-order valence-corrected chi connectivity index (χ2v) is 6.57. The Morgan fingerprint density at radius 1 is 1.20 bits per heavy atom. The molecule has 0 amide bonds. The number of benzene rings is 2. The van der Waals surface area contributed by atoms with Crippen LogP contribution < -0.4 is 5.73 Å². The number of nitrogens with zero attached hydrogens (tertiary/aromatic N) is 2. The minimum atomic E-state index is -0.345. The van der Waals surface area contributed by atoms with Crippen molar-refractivity contribution in [3.63, 3.8) is 0 Å². The molecule has 25 heavy (non-hydrogen) atoms. The minimum Gasteiger partial charge on any atom is -0.330 e. The summed E-state index contributed by atoms with van der Waals surface area (Å²) in [6, 6.07) is 15.7. The van der Waals surface area contributed by atoms with Gasteiger partial charge in [0, 0.05) is 37.7 Å². The van der Waals surface area contributed by atoms with Crippen molar-refractivity contribution < 1.29 is 4.92 Å². The molecule has 1 aliphatic heterocycles. The van der Waals surface area contributed by atoms with Gasteiger partial charge in [-0.05, 0) is 36.1 Å². The molecule has 2 atom stereocenters. The third-order valence-electron chi connectivity index (χ3n) is 4.98. The number of likely N-dealkylation sites (tertiary alicyclic amines) is 1. The number of nitro benzene ring substituents is 1. The molecule has 0 unspecified atom stereocenters. The summed E-state index contributed by atoms with van der Waals surface area (Å²) < 4.78 is 0. The van der Waals surface area contributed by atoms with Crippen LogP contribution in [0.1, 0.15) is 22.6 Å². The summed E-state index contributed by atoms with van der Waals surface area (Å²) in [6.07, 6.45) is 0. The molecule has 0 bridgehead atoms. The van der Waals surface area contributed by atoms with Crippen molar-refractivity contribution in [1.29, 1.82) is 0 Å². The van der Waals surface area contributed by atoms with Gasteiger partial charge in [-0.3, -0.25) is 15.0 Å². The molecule has 1 fully saturated rings. The van der Waals surface area contributed by atoms with Crippen molar-refractivity contribution in [3.05, 3.63) is 75.3 Å². The first-order chi connectivity index (χ1) is 11.6. The van der Waals surface area contributed by atoms with Crippen molar-refractivity contribution in [2.75, 3.05) is 19.6 Å². The summed E-state index contributed by atoms with van der Waals surface area (Å²) in [5.41, 5.74) is 9.61. The average molecular weight is 362 g/mol. The van der Waals surface area contributed by atoms with E-state index in [0.29, 0.717) is 18.4 Å². The Hall–Kier alpha value is -1.95. The number of nitrogens with two attached hydrogens (primary N) is 1. The van der Waals surface area contributed by atoms with E-state index < -0.39 is 0 Å². The van der Waals surface area contributed by atoms with E-state index in [1.807, 2.05) is 19.1 Å². The molecule has 0 radical (unpaired) electrons. The van der Waals surface area contributed by atoms with Gasteiger partial charge in [-0.1, -0.05) is 36.4 Å². The highest BCUT2D eigenvalue weighted by Crippen LogP contribution is 2.33. The van der Waals surface area contributed by atoms with E-state index in [0.717, 1.165) is 30.8 Å². The summed E-state index contributed by atoms with van der Waals surface area (Å²) in [5.74, 6) is 0.903. The van der Waals surface area contributed by atoms with Crippen LogP contribution in [0.4, 0.5) is 5.69 Å². The average Bonchev–Trinajstić information content (AvgIpc) is 3.00. The topological polar surface area (TPSA) is 72.4 Å². The summed E-state index contributed by atoms with van der Waals surface area (Å²) in [4.78, 5) is 12.9. The first-order valence-electron chi connectivity index (χ1n) is 8.29. The Morgan fingerprint density at radius 3 is 2.52 bits per heavy atom. The fourth-order valence-electron chi connectivity index (χ4n) is 3.62. The van der Waals surface area contributed by atoms with Crippen molar-refractivity contribution in [1.82, 2.24) is 4.90 Å². The first kappa shape index (κ1) is 19.4. The zero-order chi connectivity index (χ0) is 17.1. The zero-order valence-corrected chi connectivity index (χ0v) is 15.1. The highest BCUT2D eigenvalue weighted by atomic mass is 35.5. The Balaban J connectivity index is 0.00000225. The first-order valence-corrected chi connectivity index (χ1v) is 8.29. The number of non-ortho nitro benzene ring substituents is 1. The molecule has 6 heteroatoms. The fraction of sp³-hybridized carbons (Fsp3) is 0.368. The Kier molecular flexibility index (Phi) is 6.53. The number of nitro groups is 1. The van der Waals surface area contributed by atoms with Gasteiger partial charge in [-0.2, -0.15) is 0 Å². The molecule has 134 valence electrons. The SMILES string of the molecule is Cc1cc([N+](=O)[O-])ccc1CN1C[C@@H](CN)[C@H](c2ccccc2)C1.Cl. The van der Waals surface area contributed by atoms with Gasteiger partial charge in [-0.25, -0.2) is 0 Å². The van der Waals surface area contributed by atoms with Crippen LogP contribution in [-0.2, 0) is 6.54 Å². The predicted octanol–water partition coefficient (Wildman–Crippen LogP) is 3.50. The third kappa shape index (κ3) is 4.37. The van der Waals surface area contributed by atoms with Crippen LogP contribution in [0.5, 0.6) is 0 Å². The molecule has 1 saturated heterocycles. The monoisotopic (exact) mass is 361 g/mol. The van der Waals surface area contributed by atoms with Crippen molar-refractivity contribution in [2.24, 2.45) is 11.7 Å². The molecule has 2 N–H and O–H groups in total. The summed E-state index contributed by atoms with van der Waals surface area (Å²) >= 11 is 0. The Bertz CT molecular complexity index is 724. The van der Waals surface area contributed by atoms with E-state index >= 15 is 0 Å². The van der Waals surface area contributed by atoms with Gasteiger partial charge in [-0.15, -0.1) is 12.4 Å². The Morgan fingerprint density at radius 2 is 1.92 bits per heavy atom. The predicted molar refractivity (Wildman–Crippen MR) is 102 cm³/mol. The van der Waals surface area contributed by atoms with Gasteiger partial charge in [0.1, 0.15) is 0 Å². The van der Waals surface area contributed by atoms with Crippen LogP contribution in [0.15, 0.2) is 48.5 Å². The van der Waals surface area contributed by atoms with Crippen LogP contribution >= 0.6 is 12.4 Å². The van der Waals surface area contributed by atoms with E-state index in [-0.39, 0.29) is 23.0 Å². The van der Waals surface area contributed by atoms with Crippen LogP contribution in [0.3, 0.4) is 0 Å². The minimum absolute atomic E-state index is 0. The quantitative estimate of drug-likeness (QED) is 0.653. The standard InChI is InChI=1S/C19H23N3O2.ClH/c1-14-9-18(22(23)24)8-7-16(14)11-21-12-17(10-20)19(13-21)15-5-3-2-4-6-15;/h2-9,17,19H,10-13,20H2,1H3;1H/t17-,19+;/m1./s1. The summed E-state index contributed by atoms with van der Waals surface area (Å²) in [6.45, 7) is 5.36. The lowest BCUT2D eigenvalue weighted by Gasteiger charge is -2.17. The molecule has 2 aromatic rings. The molecule has 3 rings (SSSR count). The highest BCUT2D eigenvalue weighted by molar-refractivity contribution is 5.85. The maximum atomic E-state index is 10.9. The molecule has 0 saturated carbocycles. The van der Waals surface area contributed by atoms with Crippen LogP contribution in [0.25, 0.3) is 0 Å². The summed E-state index contributed by atoms with van der Waals surface area (Å²) in [5, 5.41) is 10.9. The van der Waals surface area contributed by atoms with Gasteiger partial charge in [0.05, 0.1) is 4.92 Å². The van der Waals surface area contributed by atoms with Crippen molar-refractivity contribution in [3.8, 4) is 0 Å². The van der Waals surface area contributed by atoms with E-state index in [9.17, 15) is 10.1 Å². The molecular weight excluding hydrogens is 338 g/mol. The molecule has 5 nitrogen and oxygen atoms in total. The van der Waals surface area contributed by atoms with Crippen LogP contribution in [-0.4, -0.2) is 29.5 Å². The molecule has 2 aromatic carbocycles. The smallest absolute Gasteiger partial charge is 0.269 e. The number of halogens is 1. The zero-order valence-electron chi connectivity index (χ0n) is 14.3. The van der Waals surface area contributed by atoms with Crippen molar-refractivity contribution in [2.45, 2.75) is 19.4 Å². The van der Waals surface area contributed by atoms with Crippen LogP contribution in [0.2, 0.25) is 0 Å². The van der Waals surface area contributed by atoms with Gasteiger partial charge >= 0.3 is 0 Å². The maximum absolute atomic E-state index is 10.9. The second kappa shape index (κ2) is 8.43. The lowest BCUT2D eigenvalue weighted by atomic mass is 9.89. The van der Waals surface area contributed by atoms with Crippen molar-refractivity contribution >= 4 is 18.1 Å². The third-order valence-corrected chi connectivity index (χ3v) is 4.98. The van der Waals surface area contributed by atoms with Gasteiger partial charge in [0.2, 0.25) is 0 Å². The number of hydrogen-bond donors (Lipinski definition) is 1. The van der Waals surface area contributed by atoms with E-state index in [4.69, 9.17) is 5.73 Å². The van der Waals surface area contributed by atoms with E-state index in [2.05, 4.69) is 29.2 Å². The largest absolute Gasteiger partial charge is 0.330 e. The highest BCUT2D eigenvalue weighted by Gasteiger charge is 2.32. The fourth-order valence-corrected chi connectivity index (χ4v) is 3.62. The van der Waals surface area contributed by atoms with Gasteiger partial charge in [0.15, 0.2) is 0 Å². The lowest BCUT2D eigenvalue weighted by Crippen LogP contribution is -2.23. The normalized spacial score (nSPS) is 20.2. The maximum Gasteiger partial charge on any atom is 0.269 e. The molecule has 1 heterocycles. The number of hydrogen-bond acceptors (Lipinski definition) is 4. The Labute approximate surface area is 154 Å². The van der Waals surface area contributed by atoms with Crippen LogP contribution in [0, 0.1) is 23.0 Å². The second-order valence-electron chi connectivity index (χ2n) is 6.57. The molecule has 0 spiro atoms.